The van der Waals surface area contributed by atoms with E-state index in [2.05, 4.69) is 4.98 Å². The molecule has 2 aliphatic rings. The molecular formula is C25H32ClF3N4O4S. The summed E-state index contributed by atoms with van der Waals surface area (Å²) in [4.78, 5) is 34.1. The third-order valence-corrected chi connectivity index (χ3v) is 8.40. The maximum absolute atomic E-state index is 14.1. The van der Waals surface area contributed by atoms with Crippen molar-refractivity contribution in [2.45, 2.75) is 69.9 Å². The number of benzene rings is 1. The van der Waals surface area contributed by atoms with Crippen LogP contribution in [0.25, 0.3) is 10.9 Å². The molecule has 0 saturated carbocycles. The number of carbonyl (C=O) groups is 1. The summed E-state index contributed by atoms with van der Waals surface area (Å²) in [7, 11) is 1.54. The van der Waals surface area contributed by atoms with E-state index in [1.165, 1.54) is 23.4 Å². The van der Waals surface area contributed by atoms with Crippen LogP contribution in [0.5, 0.6) is 0 Å². The highest BCUT2D eigenvalue weighted by Crippen LogP contribution is 2.46. The molecule has 1 amide bonds. The number of anilines is 1. The molecule has 0 bridgehead atoms. The first-order valence-corrected chi connectivity index (χ1v) is 13.7. The summed E-state index contributed by atoms with van der Waals surface area (Å²) in [5.41, 5.74) is -1.87. The Morgan fingerprint density at radius 2 is 1.82 bits per heavy atom. The fraction of sp³-hybridized carbons (Fsp3) is 0.640. The van der Waals surface area contributed by atoms with Gasteiger partial charge in [0.15, 0.2) is 0 Å². The highest BCUT2D eigenvalue weighted by Gasteiger charge is 2.40. The molecule has 0 N–H and O–H groups in total. The Balaban J connectivity index is 1.85. The standard InChI is InChI=1S/C25H32ClF3N4O4S/c1-13-8-31(9-14(2)33(13)23(35)37-24(3,4)5)21-16-7-17(25(27,28)29)18(26)20-19(16)32(22(34)30-21)10-15(11-36-6)12-38-20/h7,13-15H,8-12H2,1-6H3/t13-,14+,15?. The number of hydrogen-bond acceptors (Lipinski definition) is 7. The van der Waals surface area contributed by atoms with Gasteiger partial charge in [-0.05, 0) is 40.7 Å². The van der Waals surface area contributed by atoms with Gasteiger partial charge in [0, 0.05) is 43.8 Å². The minimum absolute atomic E-state index is 0.117. The van der Waals surface area contributed by atoms with Crippen molar-refractivity contribution in [2.24, 2.45) is 5.92 Å². The van der Waals surface area contributed by atoms with E-state index in [4.69, 9.17) is 21.1 Å². The van der Waals surface area contributed by atoms with E-state index in [-0.39, 0.29) is 53.7 Å². The lowest BCUT2D eigenvalue weighted by Crippen LogP contribution is -2.59. The molecule has 1 fully saturated rings. The minimum atomic E-state index is -4.70. The number of amides is 1. The fourth-order valence-electron chi connectivity index (χ4n) is 5.14. The van der Waals surface area contributed by atoms with E-state index in [0.717, 1.165) is 6.07 Å². The Hall–Kier alpha value is -2.18. The van der Waals surface area contributed by atoms with Gasteiger partial charge in [-0.1, -0.05) is 11.6 Å². The van der Waals surface area contributed by atoms with Gasteiger partial charge in [-0.15, -0.1) is 11.8 Å². The van der Waals surface area contributed by atoms with E-state index in [1.807, 2.05) is 13.8 Å². The van der Waals surface area contributed by atoms with Gasteiger partial charge in [-0.25, -0.2) is 9.59 Å². The lowest BCUT2D eigenvalue weighted by molar-refractivity contribution is -0.137. The van der Waals surface area contributed by atoms with E-state index >= 15 is 0 Å². The normalized spacial score (nSPS) is 22.5. The highest BCUT2D eigenvalue weighted by molar-refractivity contribution is 7.99. The van der Waals surface area contributed by atoms with Crippen molar-refractivity contribution in [3.63, 3.8) is 0 Å². The summed E-state index contributed by atoms with van der Waals surface area (Å²) in [6, 6.07) is 0.294. The SMILES string of the molecule is COCC1CSc2c(Cl)c(C(F)(F)F)cc3c(N4C[C@@H](C)N(C(=O)OC(C)(C)C)[C@@H](C)C4)nc(=O)n(c23)C1. The second-order valence-electron chi connectivity index (χ2n) is 10.9. The fourth-order valence-corrected chi connectivity index (χ4v) is 6.75. The molecule has 3 heterocycles. The van der Waals surface area contributed by atoms with Crippen LogP contribution in [-0.2, 0) is 22.2 Å². The number of nitrogens with zero attached hydrogens (tertiary/aromatic N) is 4. The maximum atomic E-state index is 14.1. The van der Waals surface area contributed by atoms with Crippen LogP contribution in [0, 0.1) is 5.92 Å². The zero-order valence-electron chi connectivity index (χ0n) is 22.2. The van der Waals surface area contributed by atoms with Gasteiger partial charge >= 0.3 is 18.0 Å². The van der Waals surface area contributed by atoms with Crippen molar-refractivity contribution in [2.75, 3.05) is 37.5 Å². The topological polar surface area (TPSA) is 76.9 Å². The number of carbonyl (C=O) groups excluding carboxylic acids is 1. The molecule has 1 aromatic carbocycles. The summed E-state index contributed by atoms with van der Waals surface area (Å²) in [6.45, 7) is 10.1. The Bertz CT molecular complexity index is 1280. The number of thioether (sulfide) groups is 1. The van der Waals surface area contributed by atoms with Crippen molar-refractivity contribution >= 4 is 46.2 Å². The second kappa shape index (κ2) is 10.4. The molecule has 1 aromatic heterocycles. The molecule has 0 spiro atoms. The zero-order chi connectivity index (χ0) is 28.2. The Morgan fingerprint density at radius 1 is 1.18 bits per heavy atom. The molecule has 0 radical (unpaired) electrons. The molecule has 1 saturated heterocycles. The first kappa shape index (κ1) is 28.8. The number of methoxy groups -OCH3 is 1. The Labute approximate surface area is 228 Å². The first-order valence-electron chi connectivity index (χ1n) is 12.3. The predicted octanol–water partition coefficient (Wildman–Crippen LogP) is 5.27. The number of hydrogen-bond donors (Lipinski definition) is 0. The maximum Gasteiger partial charge on any atom is 0.417 e. The molecule has 0 aliphatic carbocycles. The average Bonchev–Trinajstić information content (AvgIpc) is 2.96. The zero-order valence-corrected chi connectivity index (χ0v) is 23.8. The van der Waals surface area contributed by atoms with Gasteiger partial charge in [-0.3, -0.25) is 9.47 Å². The van der Waals surface area contributed by atoms with Crippen LogP contribution in [0.3, 0.4) is 0 Å². The van der Waals surface area contributed by atoms with Gasteiger partial charge in [0.25, 0.3) is 0 Å². The van der Waals surface area contributed by atoms with Crippen LogP contribution in [0.1, 0.15) is 40.2 Å². The number of alkyl halides is 3. The first-order chi connectivity index (χ1) is 17.6. The molecule has 2 aliphatic heterocycles. The molecule has 2 aromatic rings. The Kier molecular flexibility index (Phi) is 7.90. The van der Waals surface area contributed by atoms with Crippen molar-refractivity contribution in [3.05, 3.63) is 27.1 Å². The van der Waals surface area contributed by atoms with Gasteiger partial charge in [0.2, 0.25) is 0 Å². The molecule has 38 heavy (non-hydrogen) atoms. The largest absolute Gasteiger partial charge is 0.444 e. The van der Waals surface area contributed by atoms with Crippen molar-refractivity contribution in [1.29, 1.82) is 0 Å². The van der Waals surface area contributed by atoms with E-state index < -0.39 is 34.1 Å². The lowest BCUT2D eigenvalue weighted by Gasteiger charge is -2.45. The predicted molar refractivity (Wildman–Crippen MR) is 141 cm³/mol. The van der Waals surface area contributed by atoms with Crippen molar-refractivity contribution in [3.8, 4) is 0 Å². The van der Waals surface area contributed by atoms with E-state index in [9.17, 15) is 22.8 Å². The van der Waals surface area contributed by atoms with Crippen molar-refractivity contribution < 1.29 is 27.4 Å². The van der Waals surface area contributed by atoms with Crippen LogP contribution in [0.2, 0.25) is 5.02 Å². The Morgan fingerprint density at radius 3 is 2.37 bits per heavy atom. The molecular weight excluding hydrogens is 545 g/mol. The second-order valence-corrected chi connectivity index (χ2v) is 12.3. The van der Waals surface area contributed by atoms with Crippen LogP contribution >= 0.6 is 23.4 Å². The molecule has 13 heteroatoms. The van der Waals surface area contributed by atoms with Gasteiger partial charge in [0.1, 0.15) is 11.4 Å². The number of ether oxygens (including phenoxy) is 2. The molecule has 3 atom stereocenters. The van der Waals surface area contributed by atoms with Gasteiger partial charge in [0.05, 0.1) is 39.7 Å². The number of piperazine rings is 1. The average molecular weight is 577 g/mol. The number of halogens is 4. The van der Waals surface area contributed by atoms with Crippen LogP contribution in [0.15, 0.2) is 15.8 Å². The number of rotatable bonds is 3. The van der Waals surface area contributed by atoms with Crippen LogP contribution in [0.4, 0.5) is 23.8 Å². The summed E-state index contributed by atoms with van der Waals surface area (Å²) < 4.78 is 54.5. The molecule has 210 valence electrons. The summed E-state index contributed by atoms with van der Waals surface area (Å²) in [5, 5.41) is -0.221. The quantitative estimate of drug-likeness (QED) is 0.492. The third kappa shape index (κ3) is 5.58. The summed E-state index contributed by atoms with van der Waals surface area (Å²) in [6.07, 6.45) is -5.17. The van der Waals surface area contributed by atoms with Gasteiger partial charge in [-0.2, -0.15) is 18.2 Å². The van der Waals surface area contributed by atoms with Crippen LogP contribution < -0.4 is 10.6 Å². The molecule has 8 nitrogen and oxygen atoms in total. The molecule has 4 rings (SSSR count). The van der Waals surface area contributed by atoms with Crippen LogP contribution in [-0.4, -0.2) is 70.8 Å². The highest BCUT2D eigenvalue weighted by atomic mass is 35.5. The van der Waals surface area contributed by atoms with E-state index in [0.29, 0.717) is 17.9 Å². The monoisotopic (exact) mass is 576 g/mol. The summed E-state index contributed by atoms with van der Waals surface area (Å²) in [5.74, 6) is 0.468. The number of aromatic nitrogens is 2. The smallest absolute Gasteiger partial charge is 0.417 e. The lowest BCUT2D eigenvalue weighted by atomic mass is 10.1. The summed E-state index contributed by atoms with van der Waals surface area (Å²) >= 11 is 7.53. The molecule has 1 unspecified atom stereocenters. The minimum Gasteiger partial charge on any atom is -0.444 e. The van der Waals surface area contributed by atoms with Gasteiger partial charge < -0.3 is 14.4 Å². The van der Waals surface area contributed by atoms with E-state index in [1.54, 1.807) is 30.6 Å². The third-order valence-electron chi connectivity index (χ3n) is 6.57. The van der Waals surface area contributed by atoms with Crippen molar-refractivity contribution in [1.82, 2.24) is 14.5 Å².